The third-order valence-corrected chi connectivity index (χ3v) is 6.97. The molecule has 0 unspecified atom stereocenters. The summed E-state index contributed by atoms with van der Waals surface area (Å²) in [6, 6.07) is 6.32. The zero-order chi connectivity index (χ0) is 20.5. The van der Waals surface area contributed by atoms with E-state index < -0.39 is 6.10 Å². The Morgan fingerprint density at radius 1 is 1.17 bits per heavy atom. The van der Waals surface area contributed by atoms with E-state index in [9.17, 15) is 5.11 Å². The largest absolute Gasteiger partial charge is 0.386 e. The van der Waals surface area contributed by atoms with Crippen LogP contribution in [0.4, 0.5) is 11.5 Å². The van der Waals surface area contributed by atoms with Crippen LogP contribution in [0.5, 0.6) is 0 Å². The molecule has 0 aliphatic carbocycles. The monoisotopic (exact) mass is 426 g/mol. The number of aromatic nitrogens is 4. The second-order valence-electron chi connectivity index (χ2n) is 8.02. The topological polar surface area (TPSA) is 87.5 Å². The third kappa shape index (κ3) is 3.84. The minimum absolute atomic E-state index is 0.127. The van der Waals surface area contributed by atoms with Gasteiger partial charge in [0.2, 0.25) is 0 Å². The van der Waals surface area contributed by atoms with Gasteiger partial charge in [0.25, 0.3) is 0 Å². The van der Waals surface area contributed by atoms with E-state index in [2.05, 4.69) is 48.4 Å². The summed E-state index contributed by atoms with van der Waals surface area (Å²) in [5, 5.41) is 25.4. The molecule has 2 saturated heterocycles. The van der Waals surface area contributed by atoms with E-state index in [1.165, 1.54) is 0 Å². The highest BCUT2D eigenvalue weighted by atomic mass is 32.1. The Kier molecular flexibility index (Phi) is 5.49. The van der Waals surface area contributed by atoms with Crippen LogP contribution < -0.4 is 9.80 Å². The zero-order valence-corrected chi connectivity index (χ0v) is 17.9. The van der Waals surface area contributed by atoms with Crippen molar-refractivity contribution in [1.29, 1.82) is 0 Å². The molecular formula is C21H26N6O2S. The summed E-state index contributed by atoms with van der Waals surface area (Å²) in [4.78, 5) is 10.1. The van der Waals surface area contributed by atoms with Gasteiger partial charge in [-0.1, -0.05) is 0 Å². The number of ether oxygens (including phenoxy) is 1. The molecule has 3 aromatic rings. The first kappa shape index (κ1) is 19.6. The van der Waals surface area contributed by atoms with Gasteiger partial charge in [0, 0.05) is 54.2 Å². The summed E-state index contributed by atoms with van der Waals surface area (Å²) in [5.74, 6) is 0.975. The molecule has 1 N–H and O–H groups in total. The van der Waals surface area contributed by atoms with Crippen LogP contribution >= 0.6 is 11.3 Å². The van der Waals surface area contributed by atoms with E-state index in [4.69, 9.17) is 4.74 Å². The summed E-state index contributed by atoms with van der Waals surface area (Å²) in [5.41, 5.74) is 1.99. The van der Waals surface area contributed by atoms with Gasteiger partial charge in [-0.05, 0) is 43.2 Å². The van der Waals surface area contributed by atoms with Gasteiger partial charge in [-0.15, -0.1) is 21.5 Å². The predicted octanol–water partition coefficient (Wildman–Crippen LogP) is 2.58. The number of anilines is 2. The number of morpholine rings is 1. The molecule has 2 fully saturated rings. The fourth-order valence-corrected chi connectivity index (χ4v) is 5.23. The Bertz CT molecular complexity index is 1020. The highest BCUT2D eigenvalue weighted by molar-refractivity contribution is 7.11. The molecule has 0 saturated carbocycles. The van der Waals surface area contributed by atoms with Crippen LogP contribution in [0.3, 0.4) is 0 Å². The number of aliphatic hydroxyl groups is 1. The molecule has 9 heteroatoms. The lowest BCUT2D eigenvalue weighted by Gasteiger charge is -2.35. The SMILES string of the molecule is Cc1cnc([C@H](O)[C@H]2CCCN(c3nnnc4cc(N5CCOCC5)ccc34)C2)s1. The summed E-state index contributed by atoms with van der Waals surface area (Å²) in [6.07, 6.45) is 3.27. The highest BCUT2D eigenvalue weighted by Crippen LogP contribution is 2.35. The van der Waals surface area contributed by atoms with E-state index in [1.807, 2.05) is 13.1 Å². The van der Waals surface area contributed by atoms with Gasteiger partial charge in [-0.2, -0.15) is 0 Å². The van der Waals surface area contributed by atoms with Crippen LogP contribution in [0.1, 0.15) is 28.8 Å². The van der Waals surface area contributed by atoms with Gasteiger partial charge in [0.15, 0.2) is 5.82 Å². The molecule has 30 heavy (non-hydrogen) atoms. The van der Waals surface area contributed by atoms with Gasteiger partial charge >= 0.3 is 0 Å². The number of benzene rings is 1. The number of fused-ring (bicyclic) bond motifs is 1. The first-order valence-electron chi connectivity index (χ1n) is 10.5. The highest BCUT2D eigenvalue weighted by Gasteiger charge is 2.30. The Balaban J connectivity index is 1.39. The van der Waals surface area contributed by atoms with Crippen LogP contribution in [-0.2, 0) is 4.74 Å². The van der Waals surface area contributed by atoms with Crippen LogP contribution in [0.2, 0.25) is 0 Å². The van der Waals surface area contributed by atoms with Crippen molar-refractivity contribution in [2.75, 3.05) is 49.2 Å². The van der Waals surface area contributed by atoms with E-state index in [-0.39, 0.29) is 5.92 Å². The van der Waals surface area contributed by atoms with Gasteiger partial charge < -0.3 is 19.6 Å². The average Bonchev–Trinajstić information content (AvgIpc) is 3.24. The first-order valence-corrected chi connectivity index (χ1v) is 11.3. The Labute approximate surface area is 179 Å². The molecule has 0 bridgehead atoms. The first-order chi connectivity index (χ1) is 14.7. The molecule has 2 atom stereocenters. The smallest absolute Gasteiger partial charge is 0.162 e. The van der Waals surface area contributed by atoms with Crippen molar-refractivity contribution < 1.29 is 9.84 Å². The Morgan fingerprint density at radius 3 is 2.83 bits per heavy atom. The van der Waals surface area contributed by atoms with Gasteiger partial charge in [-0.25, -0.2) is 4.98 Å². The molecule has 1 aromatic carbocycles. The summed E-state index contributed by atoms with van der Waals surface area (Å²) in [6.45, 7) is 6.93. The van der Waals surface area contributed by atoms with Crippen molar-refractivity contribution in [1.82, 2.24) is 20.4 Å². The molecule has 0 spiro atoms. The predicted molar refractivity (Wildman–Crippen MR) is 117 cm³/mol. The normalized spacial score (nSPS) is 21.2. The molecule has 0 radical (unpaired) electrons. The number of hydrogen-bond donors (Lipinski definition) is 1. The number of aryl methyl sites for hydroxylation is 1. The van der Waals surface area contributed by atoms with E-state index in [0.29, 0.717) is 0 Å². The van der Waals surface area contributed by atoms with E-state index >= 15 is 0 Å². The van der Waals surface area contributed by atoms with Crippen molar-refractivity contribution in [3.63, 3.8) is 0 Å². The van der Waals surface area contributed by atoms with Crippen LogP contribution in [0.15, 0.2) is 24.4 Å². The summed E-state index contributed by atoms with van der Waals surface area (Å²) in [7, 11) is 0. The standard InChI is InChI=1S/C21H26N6O2S/c1-14-12-22-21(30-14)19(28)15-3-2-6-27(13-15)20-17-5-4-16(11-18(17)23-25-24-20)26-7-9-29-10-8-26/h4-5,11-12,15,19,28H,2-3,6-10,13H2,1H3/t15-,19+/m0/s1. The Morgan fingerprint density at radius 2 is 2.03 bits per heavy atom. The minimum Gasteiger partial charge on any atom is -0.386 e. The minimum atomic E-state index is -0.541. The van der Waals surface area contributed by atoms with Gasteiger partial charge in [-0.3, -0.25) is 0 Å². The molecule has 8 nitrogen and oxygen atoms in total. The lowest BCUT2D eigenvalue weighted by atomic mass is 9.92. The molecule has 5 rings (SSSR count). The number of piperidine rings is 1. The number of thiazole rings is 1. The zero-order valence-electron chi connectivity index (χ0n) is 17.1. The molecule has 2 aliphatic heterocycles. The van der Waals surface area contributed by atoms with E-state index in [0.717, 1.165) is 84.5 Å². The summed E-state index contributed by atoms with van der Waals surface area (Å²) >= 11 is 1.57. The van der Waals surface area contributed by atoms with Crippen LogP contribution in [0.25, 0.3) is 10.9 Å². The van der Waals surface area contributed by atoms with Crippen molar-refractivity contribution >= 4 is 33.7 Å². The molecular weight excluding hydrogens is 400 g/mol. The van der Waals surface area contributed by atoms with Crippen molar-refractivity contribution in [2.24, 2.45) is 5.92 Å². The molecule has 2 aromatic heterocycles. The molecule has 0 amide bonds. The lowest BCUT2D eigenvalue weighted by Crippen LogP contribution is -2.38. The molecule has 4 heterocycles. The number of hydrogen-bond acceptors (Lipinski definition) is 9. The van der Waals surface area contributed by atoms with Crippen molar-refractivity contribution in [3.05, 3.63) is 34.3 Å². The van der Waals surface area contributed by atoms with E-state index in [1.54, 1.807) is 11.3 Å². The molecule has 2 aliphatic rings. The third-order valence-electron chi connectivity index (χ3n) is 5.99. The number of nitrogens with zero attached hydrogens (tertiary/aromatic N) is 6. The van der Waals surface area contributed by atoms with Crippen molar-refractivity contribution in [3.8, 4) is 0 Å². The Hall–Kier alpha value is -2.36. The van der Waals surface area contributed by atoms with Crippen LogP contribution in [-0.4, -0.2) is 64.9 Å². The number of rotatable bonds is 4. The van der Waals surface area contributed by atoms with Gasteiger partial charge in [0.05, 0.1) is 13.2 Å². The van der Waals surface area contributed by atoms with Crippen molar-refractivity contribution in [2.45, 2.75) is 25.9 Å². The maximum Gasteiger partial charge on any atom is 0.162 e. The molecule has 158 valence electrons. The summed E-state index contributed by atoms with van der Waals surface area (Å²) < 4.78 is 5.46. The fourth-order valence-electron chi connectivity index (χ4n) is 4.38. The quantitative estimate of drug-likeness (QED) is 0.681. The average molecular weight is 427 g/mol. The van der Waals surface area contributed by atoms with Crippen LogP contribution in [0, 0.1) is 12.8 Å². The maximum absolute atomic E-state index is 10.9. The maximum atomic E-state index is 10.9. The second-order valence-corrected chi connectivity index (χ2v) is 9.28. The number of aliphatic hydroxyl groups excluding tert-OH is 1. The van der Waals surface area contributed by atoms with Gasteiger partial charge in [0.1, 0.15) is 16.6 Å². The second kappa shape index (κ2) is 8.41. The lowest BCUT2D eigenvalue weighted by molar-refractivity contribution is 0.0977. The fraction of sp³-hybridized carbons (Fsp3) is 0.524.